The molecule has 0 unspecified atom stereocenters. The van der Waals surface area contributed by atoms with E-state index in [-0.39, 0.29) is 0 Å². The van der Waals surface area contributed by atoms with Gasteiger partial charge in [0.15, 0.2) is 0 Å². The lowest BCUT2D eigenvalue weighted by Gasteiger charge is -2.37. The van der Waals surface area contributed by atoms with Crippen LogP contribution < -0.4 is 10.6 Å². The highest BCUT2D eigenvalue weighted by Crippen LogP contribution is 2.43. The molecule has 2 rings (SSSR count). The monoisotopic (exact) mass is 401 g/mol. The van der Waals surface area contributed by atoms with E-state index in [0.717, 1.165) is 10.6 Å². The number of esters is 2. The number of likely N-dealkylation sites (N-methyl/N-ethyl adjacent to an activating group) is 1. The molecule has 2 aromatic carbocycles. The first-order valence-electron chi connectivity index (χ1n) is 9.38. The maximum atomic E-state index is 13.1. The zero-order valence-corrected chi connectivity index (χ0v) is 17.8. The molecule has 0 heterocycles. The number of nitrogens with zero attached hydrogens (tertiary/aromatic N) is 1. The lowest BCUT2D eigenvalue weighted by Crippen LogP contribution is -2.53. The molecule has 0 bridgehead atoms. The van der Waals surface area contributed by atoms with Gasteiger partial charge in [-0.1, -0.05) is 74.5 Å². The maximum Gasteiger partial charge on any atom is 0.324 e. The number of hydrogen-bond acceptors (Lipinski definition) is 5. The first kappa shape index (κ1) is 22.1. The second-order valence-corrected chi connectivity index (χ2v) is 8.53. The standard InChI is InChI=1S/C22H28NO4P/c1-5-23(6-2)19(21(24)26-3)20(22(25)27-4)28(17-13-9-7-10-14-17)18-15-11-8-12-16-18/h7-16,19-20H,5-6H2,1-4H3/t19-,20+/m0/s1. The lowest BCUT2D eigenvalue weighted by atomic mass is 10.1. The zero-order valence-electron chi connectivity index (χ0n) is 16.9. The predicted molar refractivity (Wildman–Crippen MR) is 114 cm³/mol. The molecular weight excluding hydrogens is 373 g/mol. The van der Waals surface area contributed by atoms with Gasteiger partial charge in [0.05, 0.1) is 14.2 Å². The van der Waals surface area contributed by atoms with Crippen molar-refractivity contribution < 1.29 is 19.1 Å². The van der Waals surface area contributed by atoms with Gasteiger partial charge in [0.1, 0.15) is 11.7 Å². The highest BCUT2D eigenvalue weighted by atomic mass is 31.1. The summed E-state index contributed by atoms with van der Waals surface area (Å²) in [5.41, 5.74) is -0.683. The van der Waals surface area contributed by atoms with Crippen molar-refractivity contribution in [2.45, 2.75) is 25.5 Å². The van der Waals surface area contributed by atoms with Crippen molar-refractivity contribution in [3.05, 3.63) is 60.7 Å². The number of benzene rings is 2. The normalized spacial score (nSPS) is 13.2. The smallest absolute Gasteiger partial charge is 0.324 e. The summed E-state index contributed by atoms with van der Waals surface area (Å²) in [5, 5.41) is 2.03. The van der Waals surface area contributed by atoms with Crippen LogP contribution in [0.5, 0.6) is 0 Å². The number of methoxy groups -OCH3 is 2. The van der Waals surface area contributed by atoms with Crippen LogP contribution >= 0.6 is 7.92 Å². The second-order valence-electron chi connectivity index (χ2n) is 6.20. The van der Waals surface area contributed by atoms with E-state index in [0.29, 0.717) is 13.1 Å². The Morgan fingerprint density at radius 1 is 0.821 bits per heavy atom. The average molecular weight is 401 g/mol. The third kappa shape index (κ3) is 4.98. The minimum atomic E-state index is -1.20. The fourth-order valence-electron chi connectivity index (χ4n) is 3.36. The SMILES string of the molecule is CCN(CC)[C@H](C(=O)OC)[C@H](C(=O)OC)P(c1ccccc1)c1ccccc1. The molecule has 0 N–H and O–H groups in total. The highest BCUT2D eigenvalue weighted by molar-refractivity contribution is 7.74. The molecule has 0 aliphatic heterocycles. The average Bonchev–Trinajstić information content (AvgIpc) is 2.76. The van der Waals surface area contributed by atoms with Crippen LogP contribution in [0, 0.1) is 0 Å². The number of carbonyl (C=O) groups is 2. The fourth-order valence-corrected chi connectivity index (χ4v) is 6.20. The van der Waals surface area contributed by atoms with Crippen LogP contribution in [-0.2, 0) is 19.1 Å². The molecule has 0 saturated carbocycles. The van der Waals surface area contributed by atoms with Crippen LogP contribution in [-0.4, -0.2) is 55.8 Å². The molecule has 2 aromatic rings. The van der Waals surface area contributed by atoms with Crippen LogP contribution in [0.4, 0.5) is 0 Å². The number of ether oxygens (including phenoxy) is 2. The third-order valence-electron chi connectivity index (χ3n) is 4.74. The van der Waals surface area contributed by atoms with Gasteiger partial charge in [-0.2, -0.15) is 0 Å². The summed E-state index contributed by atoms with van der Waals surface area (Å²) in [4.78, 5) is 27.9. The molecule has 0 aliphatic rings. The van der Waals surface area contributed by atoms with E-state index in [2.05, 4.69) is 0 Å². The minimum absolute atomic E-state index is 0.402. The summed E-state index contributed by atoms with van der Waals surface area (Å²) in [7, 11) is 1.53. The summed E-state index contributed by atoms with van der Waals surface area (Å²) >= 11 is 0. The van der Waals surface area contributed by atoms with Crippen LogP contribution in [0.2, 0.25) is 0 Å². The third-order valence-corrected chi connectivity index (χ3v) is 7.50. The molecule has 0 aliphatic carbocycles. The summed E-state index contributed by atoms with van der Waals surface area (Å²) in [6, 6.07) is 19.0. The van der Waals surface area contributed by atoms with Crippen molar-refractivity contribution in [2.24, 2.45) is 0 Å². The Hall–Kier alpha value is -2.23. The second kappa shape index (κ2) is 10.9. The molecule has 6 heteroatoms. The van der Waals surface area contributed by atoms with E-state index in [1.54, 1.807) is 0 Å². The molecule has 2 atom stereocenters. The van der Waals surface area contributed by atoms with E-state index >= 15 is 0 Å². The Bertz CT molecular complexity index is 710. The Morgan fingerprint density at radius 3 is 1.61 bits per heavy atom. The van der Waals surface area contributed by atoms with Crippen LogP contribution in [0.3, 0.4) is 0 Å². The van der Waals surface area contributed by atoms with Gasteiger partial charge in [0.25, 0.3) is 0 Å². The Labute approximate surface area is 168 Å². The molecule has 0 saturated heterocycles. The van der Waals surface area contributed by atoms with Crippen molar-refractivity contribution in [1.29, 1.82) is 0 Å². The van der Waals surface area contributed by atoms with Crippen molar-refractivity contribution in [2.75, 3.05) is 27.3 Å². The number of rotatable bonds is 9. The van der Waals surface area contributed by atoms with Crippen LogP contribution in [0.1, 0.15) is 13.8 Å². The van der Waals surface area contributed by atoms with Gasteiger partial charge in [0.2, 0.25) is 0 Å². The molecule has 5 nitrogen and oxygen atoms in total. The van der Waals surface area contributed by atoms with Gasteiger partial charge in [-0.25, -0.2) is 0 Å². The zero-order chi connectivity index (χ0) is 20.5. The van der Waals surface area contributed by atoms with Gasteiger partial charge in [-0.05, 0) is 31.6 Å². The van der Waals surface area contributed by atoms with Gasteiger partial charge >= 0.3 is 11.9 Å². The molecular formula is C22H28NO4P. The molecule has 0 amide bonds. The van der Waals surface area contributed by atoms with E-state index in [4.69, 9.17) is 9.47 Å². The van der Waals surface area contributed by atoms with E-state index in [1.807, 2.05) is 79.4 Å². The maximum absolute atomic E-state index is 13.1. The molecule has 28 heavy (non-hydrogen) atoms. The van der Waals surface area contributed by atoms with Gasteiger partial charge in [-0.15, -0.1) is 0 Å². The summed E-state index contributed by atoms with van der Waals surface area (Å²) in [6.45, 7) is 5.19. The van der Waals surface area contributed by atoms with Crippen molar-refractivity contribution in [1.82, 2.24) is 4.90 Å². The first-order chi connectivity index (χ1) is 13.6. The van der Waals surface area contributed by atoms with Crippen molar-refractivity contribution in [3.63, 3.8) is 0 Å². The quantitative estimate of drug-likeness (QED) is 0.478. The lowest BCUT2D eigenvalue weighted by molar-refractivity contribution is -0.152. The topological polar surface area (TPSA) is 55.8 Å². The van der Waals surface area contributed by atoms with Crippen LogP contribution in [0.25, 0.3) is 0 Å². The number of carbonyl (C=O) groups excluding carboxylic acids is 2. The van der Waals surface area contributed by atoms with E-state index in [9.17, 15) is 9.59 Å². The van der Waals surface area contributed by atoms with E-state index in [1.165, 1.54) is 14.2 Å². The largest absolute Gasteiger partial charge is 0.468 e. The minimum Gasteiger partial charge on any atom is -0.468 e. The summed E-state index contributed by atoms with van der Waals surface area (Å²) < 4.78 is 10.3. The Morgan fingerprint density at radius 2 is 1.25 bits per heavy atom. The molecule has 0 radical (unpaired) electrons. The fraction of sp³-hybridized carbons (Fsp3) is 0.364. The molecule has 150 valence electrons. The molecule has 0 spiro atoms. The highest BCUT2D eigenvalue weighted by Gasteiger charge is 2.44. The van der Waals surface area contributed by atoms with Gasteiger partial charge in [-0.3, -0.25) is 14.5 Å². The Kier molecular flexibility index (Phi) is 8.62. The van der Waals surface area contributed by atoms with E-state index < -0.39 is 31.6 Å². The number of hydrogen-bond donors (Lipinski definition) is 0. The first-order valence-corrected chi connectivity index (χ1v) is 10.8. The van der Waals surface area contributed by atoms with Gasteiger partial charge in [0, 0.05) is 0 Å². The predicted octanol–water partition coefficient (Wildman–Crippen LogP) is 2.54. The van der Waals surface area contributed by atoms with Crippen molar-refractivity contribution >= 4 is 30.5 Å². The molecule has 0 fully saturated rings. The van der Waals surface area contributed by atoms with Crippen LogP contribution in [0.15, 0.2) is 60.7 Å². The Balaban J connectivity index is 2.69. The van der Waals surface area contributed by atoms with Gasteiger partial charge < -0.3 is 9.47 Å². The molecule has 0 aromatic heterocycles. The summed E-state index contributed by atoms with van der Waals surface area (Å²) in [5.74, 6) is -0.820. The summed E-state index contributed by atoms with van der Waals surface area (Å²) in [6.07, 6.45) is 0. The van der Waals surface area contributed by atoms with Crippen molar-refractivity contribution in [3.8, 4) is 0 Å².